The zero-order valence-electron chi connectivity index (χ0n) is 12.0. The van der Waals surface area contributed by atoms with Crippen LogP contribution in [0, 0.1) is 0 Å². The predicted molar refractivity (Wildman–Crippen MR) is 76.6 cm³/mol. The average Bonchev–Trinajstić information content (AvgIpc) is 2.61. The van der Waals surface area contributed by atoms with Crippen molar-refractivity contribution in [2.75, 3.05) is 24.5 Å². The molecule has 2 rings (SSSR count). The highest BCUT2D eigenvalue weighted by atomic mass is 19.3. The molecule has 0 aliphatic carbocycles. The number of anilines is 1. The molecular weight excluding hydrogens is 262 g/mol. The van der Waals surface area contributed by atoms with Crippen LogP contribution in [-0.4, -0.2) is 31.8 Å². The van der Waals surface area contributed by atoms with E-state index in [9.17, 15) is 8.78 Å². The molecule has 1 aliphatic rings. The van der Waals surface area contributed by atoms with Crippen molar-refractivity contribution < 1.29 is 13.5 Å². The predicted octanol–water partition coefficient (Wildman–Crippen LogP) is 3.26. The lowest BCUT2D eigenvalue weighted by atomic mass is 9.98. The minimum absolute atomic E-state index is 0.00551. The van der Waals surface area contributed by atoms with Crippen LogP contribution in [0.4, 0.5) is 14.5 Å². The Kier molecular flexibility index (Phi) is 4.81. The highest BCUT2D eigenvalue weighted by molar-refractivity contribution is 5.58. The van der Waals surface area contributed by atoms with Gasteiger partial charge >= 0.3 is 6.61 Å². The number of para-hydroxylation sites is 2. The molecule has 20 heavy (non-hydrogen) atoms. The number of rotatable bonds is 4. The summed E-state index contributed by atoms with van der Waals surface area (Å²) < 4.78 is 29.7. The SMILES string of the molecule is CCC1(C)CN(c2ccccc2OC(F)F)CCCN1. The number of nitrogens with zero attached hydrogens (tertiary/aromatic N) is 1. The first kappa shape index (κ1) is 15.0. The molecule has 1 atom stereocenters. The Labute approximate surface area is 118 Å². The van der Waals surface area contributed by atoms with E-state index in [2.05, 4.69) is 28.8 Å². The molecule has 1 unspecified atom stereocenters. The molecule has 112 valence electrons. The molecule has 1 aromatic carbocycles. The van der Waals surface area contributed by atoms with Gasteiger partial charge in [0, 0.05) is 18.6 Å². The summed E-state index contributed by atoms with van der Waals surface area (Å²) in [5, 5.41) is 3.54. The van der Waals surface area contributed by atoms with Crippen molar-refractivity contribution >= 4 is 5.69 Å². The summed E-state index contributed by atoms with van der Waals surface area (Å²) in [6.45, 7) is 4.08. The van der Waals surface area contributed by atoms with E-state index in [1.807, 2.05) is 12.1 Å². The summed E-state index contributed by atoms with van der Waals surface area (Å²) in [4.78, 5) is 2.14. The lowest BCUT2D eigenvalue weighted by Gasteiger charge is -2.34. The number of halogens is 2. The van der Waals surface area contributed by atoms with Crippen LogP contribution < -0.4 is 15.0 Å². The first-order valence-corrected chi connectivity index (χ1v) is 7.08. The van der Waals surface area contributed by atoms with Gasteiger partial charge in [-0.2, -0.15) is 8.78 Å². The zero-order valence-corrected chi connectivity index (χ0v) is 12.0. The van der Waals surface area contributed by atoms with Gasteiger partial charge in [-0.3, -0.25) is 0 Å². The molecule has 1 aromatic rings. The topological polar surface area (TPSA) is 24.5 Å². The smallest absolute Gasteiger partial charge is 0.387 e. The van der Waals surface area contributed by atoms with Crippen LogP contribution in [-0.2, 0) is 0 Å². The van der Waals surface area contributed by atoms with E-state index in [0.29, 0.717) is 0 Å². The first-order chi connectivity index (χ1) is 9.54. The average molecular weight is 284 g/mol. The largest absolute Gasteiger partial charge is 0.433 e. The van der Waals surface area contributed by atoms with Gasteiger partial charge in [-0.15, -0.1) is 0 Å². The number of nitrogens with one attached hydrogen (secondary N) is 1. The summed E-state index contributed by atoms with van der Waals surface area (Å²) >= 11 is 0. The molecule has 0 aromatic heterocycles. The van der Waals surface area contributed by atoms with E-state index in [0.717, 1.165) is 38.2 Å². The third-order valence-corrected chi connectivity index (χ3v) is 3.90. The van der Waals surface area contributed by atoms with Crippen molar-refractivity contribution in [2.24, 2.45) is 0 Å². The van der Waals surface area contributed by atoms with Crippen LogP contribution in [0.15, 0.2) is 24.3 Å². The fourth-order valence-electron chi connectivity index (χ4n) is 2.57. The summed E-state index contributed by atoms with van der Waals surface area (Å²) in [5.74, 6) is 0.253. The summed E-state index contributed by atoms with van der Waals surface area (Å²) in [6.07, 6.45) is 1.97. The molecule has 5 heteroatoms. The van der Waals surface area contributed by atoms with Crippen LogP contribution in [0.1, 0.15) is 26.7 Å². The second kappa shape index (κ2) is 6.39. The van der Waals surface area contributed by atoms with Gasteiger partial charge in [0.1, 0.15) is 5.75 Å². The number of ether oxygens (including phenoxy) is 1. The molecule has 0 amide bonds. The van der Waals surface area contributed by atoms with Crippen molar-refractivity contribution in [2.45, 2.75) is 38.8 Å². The molecule has 1 saturated heterocycles. The first-order valence-electron chi connectivity index (χ1n) is 7.08. The molecule has 3 nitrogen and oxygen atoms in total. The second-order valence-corrected chi connectivity index (χ2v) is 5.46. The van der Waals surface area contributed by atoms with Gasteiger partial charge in [-0.05, 0) is 38.4 Å². The molecule has 1 fully saturated rings. The van der Waals surface area contributed by atoms with E-state index in [4.69, 9.17) is 0 Å². The maximum absolute atomic E-state index is 12.5. The van der Waals surface area contributed by atoms with Gasteiger partial charge in [-0.1, -0.05) is 19.1 Å². The molecule has 0 saturated carbocycles. The molecular formula is C15H22F2N2O. The minimum Gasteiger partial charge on any atom is -0.433 e. The van der Waals surface area contributed by atoms with E-state index >= 15 is 0 Å². The van der Waals surface area contributed by atoms with Crippen molar-refractivity contribution in [3.8, 4) is 5.75 Å². The van der Waals surface area contributed by atoms with Crippen LogP contribution >= 0.6 is 0 Å². The van der Waals surface area contributed by atoms with Gasteiger partial charge in [0.2, 0.25) is 0 Å². The third kappa shape index (κ3) is 3.60. The monoisotopic (exact) mass is 284 g/mol. The highest BCUT2D eigenvalue weighted by Gasteiger charge is 2.28. The van der Waals surface area contributed by atoms with Gasteiger partial charge in [0.15, 0.2) is 0 Å². The standard InChI is InChI=1S/C15H22F2N2O/c1-3-15(2)11-19(10-6-9-18-15)12-7-4-5-8-13(12)20-14(16)17/h4-5,7-8,14,18H,3,6,9-11H2,1-2H3. The summed E-state index contributed by atoms with van der Waals surface area (Å²) in [7, 11) is 0. The molecule has 1 heterocycles. The number of benzene rings is 1. The van der Waals surface area contributed by atoms with Crippen LogP contribution in [0.3, 0.4) is 0 Å². The fourth-order valence-corrected chi connectivity index (χ4v) is 2.57. The summed E-state index contributed by atoms with van der Waals surface area (Å²) in [5.41, 5.74) is 0.741. The van der Waals surface area contributed by atoms with Gasteiger partial charge < -0.3 is 15.0 Å². The quantitative estimate of drug-likeness (QED) is 0.918. The van der Waals surface area contributed by atoms with Crippen molar-refractivity contribution in [3.63, 3.8) is 0 Å². The van der Waals surface area contributed by atoms with Crippen molar-refractivity contribution in [1.82, 2.24) is 5.32 Å². The molecule has 0 bridgehead atoms. The fraction of sp³-hybridized carbons (Fsp3) is 0.600. The Morgan fingerprint density at radius 2 is 2.15 bits per heavy atom. The number of hydrogen-bond donors (Lipinski definition) is 1. The van der Waals surface area contributed by atoms with Gasteiger partial charge in [-0.25, -0.2) is 0 Å². The highest BCUT2D eigenvalue weighted by Crippen LogP contribution is 2.31. The normalized spacial score (nSPS) is 23.8. The van der Waals surface area contributed by atoms with Crippen LogP contribution in [0.2, 0.25) is 0 Å². The number of alkyl halides is 2. The molecule has 0 radical (unpaired) electrons. The summed E-state index contributed by atoms with van der Waals surface area (Å²) in [6, 6.07) is 7.02. The van der Waals surface area contributed by atoms with E-state index in [-0.39, 0.29) is 11.3 Å². The minimum atomic E-state index is -2.79. The van der Waals surface area contributed by atoms with Crippen molar-refractivity contribution in [1.29, 1.82) is 0 Å². The van der Waals surface area contributed by atoms with E-state index in [1.54, 1.807) is 12.1 Å². The van der Waals surface area contributed by atoms with E-state index in [1.165, 1.54) is 0 Å². The second-order valence-electron chi connectivity index (χ2n) is 5.46. The lowest BCUT2D eigenvalue weighted by molar-refractivity contribution is -0.0495. The Morgan fingerprint density at radius 3 is 2.85 bits per heavy atom. The molecule has 1 aliphatic heterocycles. The van der Waals surface area contributed by atoms with Crippen LogP contribution in [0.25, 0.3) is 0 Å². The third-order valence-electron chi connectivity index (χ3n) is 3.90. The lowest BCUT2D eigenvalue weighted by Crippen LogP contribution is -2.48. The Bertz CT molecular complexity index is 442. The molecule has 0 spiro atoms. The number of hydrogen-bond acceptors (Lipinski definition) is 3. The maximum atomic E-state index is 12.5. The van der Waals surface area contributed by atoms with Gasteiger partial charge in [0.05, 0.1) is 5.69 Å². The van der Waals surface area contributed by atoms with Crippen molar-refractivity contribution in [3.05, 3.63) is 24.3 Å². The maximum Gasteiger partial charge on any atom is 0.387 e. The van der Waals surface area contributed by atoms with E-state index < -0.39 is 6.61 Å². The Morgan fingerprint density at radius 1 is 1.40 bits per heavy atom. The Hall–Kier alpha value is -1.36. The Balaban J connectivity index is 2.25. The zero-order chi connectivity index (χ0) is 14.6. The van der Waals surface area contributed by atoms with Crippen LogP contribution in [0.5, 0.6) is 5.75 Å². The molecule has 1 N–H and O–H groups in total. The van der Waals surface area contributed by atoms with Gasteiger partial charge in [0.25, 0.3) is 0 Å².